The lowest BCUT2D eigenvalue weighted by Gasteiger charge is -2.25. The maximum absolute atomic E-state index is 13.5. The van der Waals surface area contributed by atoms with Crippen molar-refractivity contribution in [3.63, 3.8) is 0 Å². The summed E-state index contributed by atoms with van der Waals surface area (Å²) in [5.41, 5.74) is 1.50. The van der Waals surface area contributed by atoms with Crippen molar-refractivity contribution in [3.8, 4) is 0 Å². The van der Waals surface area contributed by atoms with Crippen LogP contribution in [0.5, 0.6) is 0 Å². The Morgan fingerprint density at radius 3 is 2.59 bits per heavy atom. The summed E-state index contributed by atoms with van der Waals surface area (Å²) in [6.45, 7) is 0.192. The highest BCUT2D eigenvalue weighted by molar-refractivity contribution is 9.10. The Hall–Kier alpha value is -3.85. The number of pyridine rings is 1. The number of carbonyl (C=O) groups is 1. The van der Waals surface area contributed by atoms with Gasteiger partial charge in [0.15, 0.2) is 5.43 Å². The van der Waals surface area contributed by atoms with Crippen LogP contribution >= 0.6 is 15.9 Å². The van der Waals surface area contributed by atoms with Gasteiger partial charge in [-0.3, -0.25) is 24.7 Å². The zero-order chi connectivity index (χ0) is 22.4. The fourth-order valence-electron chi connectivity index (χ4n) is 3.97. The summed E-state index contributed by atoms with van der Waals surface area (Å²) >= 11 is 3.37. The van der Waals surface area contributed by atoms with E-state index in [4.69, 9.17) is 4.42 Å². The van der Waals surface area contributed by atoms with Crippen LogP contribution in [0.1, 0.15) is 33.3 Å². The monoisotopic (exact) mass is 491 g/mol. The molecule has 1 aliphatic rings. The average molecular weight is 492 g/mol. The average Bonchev–Trinajstić information content (AvgIpc) is 3.07. The van der Waals surface area contributed by atoms with E-state index in [0.717, 1.165) is 5.56 Å². The van der Waals surface area contributed by atoms with Crippen LogP contribution in [0, 0.1) is 10.1 Å². The van der Waals surface area contributed by atoms with Gasteiger partial charge in [-0.05, 0) is 47.5 Å². The van der Waals surface area contributed by atoms with Gasteiger partial charge in [0.2, 0.25) is 5.76 Å². The van der Waals surface area contributed by atoms with Crippen LogP contribution in [0.2, 0.25) is 0 Å². The minimum Gasteiger partial charge on any atom is -0.450 e. The van der Waals surface area contributed by atoms with E-state index in [1.54, 1.807) is 48.8 Å². The van der Waals surface area contributed by atoms with Gasteiger partial charge in [0.05, 0.1) is 21.9 Å². The summed E-state index contributed by atoms with van der Waals surface area (Å²) in [7, 11) is 0. The van der Waals surface area contributed by atoms with E-state index >= 15 is 0 Å². The summed E-state index contributed by atoms with van der Waals surface area (Å²) in [6.07, 6.45) is 3.28. The van der Waals surface area contributed by atoms with Gasteiger partial charge in [0.25, 0.3) is 11.6 Å². The molecular formula is C23H14BrN3O5. The van der Waals surface area contributed by atoms with Crippen molar-refractivity contribution in [1.29, 1.82) is 0 Å². The largest absolute Gasteiger partial charge is 0.450 e. The maximum Gasteiger partial charge on any atom is 0.291 e. The second-order valence-electron chi connectivity index (χ2n) is 7.36. The van der Waals surface area contributed by atoms with Crippen LogP contribution in [0.3, 0.4) is 0 Å². The van der Waals surface area contributed by atoms with E-state index in [2.05, 4.69) is 20.9 Å². The van der Waals surface area contributed by atoms with Crippen molar-refractivity contribution in [2.45, 2.75) is 12.6 Å². The number of aromatic nitrogens is 1. The molecule has 0 saturated carbocycles. The first-order valence-corrected chi connectivity index (χ1v) is 10.4. The van der Waals surface area contributed by atoms with Crippen molar-refractivity contribution in [2.24, 2.45) is 0 Å². The van der Waals surface area contributed by atoms with Gasteiger partial charge in [-0.15, -0.1) is 0 Å². The zero-order valence-corrected chi connectivity index (χ0v) is 18.0. The van der Waals surface area contributed by atoms with E-state index in [1.165, 1.54) is 17.0 Å². The van der Waals surface area contributed by atoms with Crippen molar-refractivity contribution >= 4 is 38.5 Å². The van der Waals surface area contributed by atoms with Gasteiger partial charge in [0.1, 0.15) is 5.58 Å². The molecule has 8 nitrogen and oxygen atoms in total. The van der Waals surface area contributed by atoms with Gasteiger partial charge < -0.3 is 9.32 Å². The maximum atomic E-state index is 13.5. The number of non-ortho nitro benzene ring substituents is 1. The quantitative estimate of drug-likeness (QED) is 0.305. The van der Waals surface area contributed by atoms with Gasteiger partial charge in [-0.1, -0.05) is 22.0 Å². The SMILES string of the molecule is O=C1c2oc3ccc(Br)cc3c(=O)c2C(c2ccc([N+](=O)[O-])cc2)N1Cc1cccnc1. The molecule has 32 heavy (non-hydrogen) atoms. The first-order valence-electron chi connectivity index (χ1n) is 9.64. The lowest BCUT2D eigenvalue weighted by Crippen LogP contribution is -2.29. The highest BCUT2D eigenvalue weighted by Crippen LogP contribution is 2.39. The highest BCUT2D eigenvalue weighted by Gasteiger charge is 2.42. The summed E-state index contributed by atoms with van der Waals surface area (Å²) in [5, 5.41) is 11.4. The van der Waals surface area contributed by atoms with Gasteiger partial charge in [0, 0.05) is 35.5 Å². The molecule has 5 rings (SSSR count). The van der Waals surface area contributed by atoms with Crippen LogP contribution in [-0.4, -0.2) is 20.7 Å². The third-order valence-corrected chi connectivity index (χ3v) is 5.92. The topological polar surface area (TPSA) is 107 Å². The van der Waals surface area contributed by atoms with E-state index in [0.29, 0.717) is 21.0 Å². The number of benzene rings is 2. The molecule has 4 aromatic rings. The Kier molecular flexibility index (Phi) is 4.82. The molecule has 0 bridgehead atoms. The number of carbonyl (C=O) groups excluding carboxylic acids is 1. The molecule has 3 heterocycles. The summed E-state index contributed by atoms with van der Waals surface area (Å²) in [5.74, 6) is -0.439. The zero-order valence-electron chi connectivity index (χ0n) is 16.4. The Labute approximate surface area is 189 Å². The number of halogens is 1. The number of nitro groups is 1. The molecule has 0 fully saturated rings. The lowest BCUT2D eigenvalue weighted by molar-refractivity contribution is -0.384. The van der Waals surface area contributed by atoms with Crippen LogP contribution in [-0.2, 0) is 6.54 Å². The summed E-state index contributed by atoms with van der Waals surface area (Å²) in [6, 6.07) is 13.7. The fraction of sp³-hybridized carbons (Fsp3) is 0.0870. The van der Waals surface area contributed by atoms with E-state index < -0.39 is 16.9 Å². The Morgan fingerprint density at radius 1 is 1.12 bits per heavy atom. The number of amides is 1. The third kappa shape index (κ3) is 3.27. The molecule has 0 radical (unpaired) electrons. The van der Waals surface area contributed by atoms with Crippen molar-refractivity contribution in [3.05, 3.63) is 114 Å². The minimum absolute atomic E-state index is 0.0166. The Morgan fingerprint density at radius 2 is 1.91 bits per heavy atom. The molecule has 1 amide bonds. The number of nitro benzene ring substituents is 1. The van der Waals surface area contributed by atoms with Crippen LogP contribution in [0.15, 0.2) is 80.7 Å². The molecule has 2 aromatic carbocycles. The fourth-order valence-corrected chi connectivity index (χ4v) is 4.33. The molecule has 0 saturated heterocycles. The van der Waals surface area contributed by atoms with Crippen molar-refractivity contribution in [2.75, 3.05) is 0 Å². The molecule has 0 N–H and O–H groups in total. The molecule has 0 spiro atoms. The molecule has 2 aromatic heterocycles. The van der Waals surface area contributed by atoms with E-state index in [-0.39, 0.29) is 29.0 Å². The molecule has 1 atom stereocenters. The molecule has 0 aliphatic carbocycles. The van der Waals surface area contributed by atoms with Crippen LogP contribution in [0.4, 0.5) is 5.69 Å². The van der Waals surface area contributed by atoms with Crippen LogP contribution in [0.25, 0.3) is 11.0 Å². The van der Waals surface area contributed by atoms with E-state index in [9.17, 15) is 19.7 Å². The molecule has 158 valence electrons. The summed E-state index contributed by atoms with van der Waals surface area (Å²) in [4.78, 5) is 43.1. The second-order valence-corrected chi connectivity index (χ2v) is 8.28. The number of hydrogen-bond acceptors (Lipinski definition) is 6. The second kappa shape index (κ2) is 7.69. The third-order valence-electron chi connectivity index (χ3n) is 5.42. The lowest BCUT2D eigenvalue weighted by atomic mass is 9.98. The minimum atomic E-state index is -0.752. The van der Waals surface area contributed by atoms with Gasteiger partial charge in [-0.25, -0.2) is 0 Å². The van der Waals surface area contributed by atoms with Gasteiger partial charge >= 0.3 is 0 Å². The number of fused-ring (bicyclic) bond motifs is 2. The number of rotatable bonds is 4. The Bertz CT molecular complexity index is 1430. The molecular weight excluding hydrogens is 478 g/mol. The normalized spacial score (nSPS) is 15.2. The van der Waals surface area contributed by atoms with Crippen LogP contribution < -0.4 is 5.43 Å². The first kappa shape index (κ1) is 20.1. The van der Waals surface area contributed by atoms with E-state index in [1.807, 2.05) is 6.07 Å². The highest BCUT2D eigenvalue weighted by atomic mass is 79.9. The summed E-state index contributed by atoms with van der Waals surface area (Å²) < 4.78 is 6.61. The first-order chi connectivity index (χ1) is 15.4. The smallest absolute Gasteiger partial charge is 0.291 e. The van der Waals surface area contributed by atoms with Gasteiger partial charge in [-0.2, -0.15) is 0 Å². The molecule has 1 unspecified atom stereocenters. The number of nitrogens with zero attached hydrogens (tertiary/aromatic N) is 3. The Balaban J connectivity index is 1.72. The molecule has 1 aliphatic heterocycles. The standard InChI is InChI=1S/C23H14BrN3O5/c24-15-5-8-18-17(10-15)21(28)19-20(14-3-6-16(7-4-14)27(30)31)26(23(29)22(19)32-18)12-13-2-1-9-25-11-13/h1-11,20H,12H2. The van der Waals surface area contributed by atoms with Crippen molar-refractivity contribution < 1.29 is 14.1 Å². The molecule has 9 heteroatoms. The predicted molar refractivity (Wildman–Crippen MR) is 119 cm³/mol. The van der Waals surface area contributed by atoms with Crippen molar-refractivity contribution in [1.82, 2.24) is 9.88 Å². The number of hydrogen-bond donors (Lipinski definition) is 0. The predicted octanol–water partition coefficient (Wildman–Crippen LogP) is 4.60.